The van der Waals surface area contributed by atoms with Crippen molar-refractivity contribution >= 4 is 10.8 Å². The van der Waals surface area contributed by atoms with Gasteiger partial charge in [0.05, 0.1) is 5.69 Å². The summed E-state index contributed by atoms with van der Waals surface area (Å²) in [5.74, 6) is 0. The van der Waals surface area contributed by atoms with E-state index in [1.54, 1.807) is 0 Å². The first-order valence-corrected chi connectivity index (χ1v) is 8.66. The van der Waals surface area contributed by atoms with E-state index < -0.39 is 0 Å². The monoisotopic (exact) mass is 323 g/mol. The minimum Gasteiger partial charge on any atom is -0.256 e. The first-order chi connectivity index (χ1) is 12.2. The number of nitrogens with zero attached hydrogens (tertiary/aromatic N) is 1. The Kier molecular flexibility index (Phi) is 3.85. The summed E-state index contributed by atoms with van der Waals surface area (Å²) in [5, 5.41) is 2.49. The maximum atomic E-state index is 4.79. The highest BCUT2D eigenvalue weighted by Gasteiger charge is 2.23. The number of hydrogen-bond acceptors (Lipinski definition) is 1. The van der Waals surface area contributed by atoms with Crippen LogP contribution < -0.4 is 0 Å². The largest absolute Gasteiger partial charge is 0.256 e. The lowest BCUT2D eigenvalue weighted by Crippen LogP contribution is -2.18. The van der Waals surface area contributed by atoms with E-state index in [9.17, 15) is 0 Å². The van der Waals surface area contributed by atoms with E-state index in [1.165, 1.54) is 27.5 Å². The third-order valence-electron chi connectivity index (χ3n) is 5.05. The molecule has 0 aliphatic heterocycles. The molecule has 122 valence electrons. The molecule has 0 fully saturated rings. The Bertz CT molecular complexity index is 994. The van der Waals surface area contributed by atoms with E-state index >= 15 is 0 Å². The van der Waals surface area contributed by atoms with Gasteiger partial charge in [-0.3, -0.25) is 4.98 Å². The van der Waals surface area contributed by atoms with Crippen LogP contribution >= 0.6 is 0 Å². The van der Waals surface area contributed by atoms with Gasteiger partial charge in [0, 0.05) is 17.2 Å². The summed E-state index contributed by atoms with van der Waals surface area (Å²) >= 11 is 0. The molecule has 0 N–H and O–H groups in total. The molecule has 0 bridgehead atoms. The van der Waals surface area contributed by atoms with E-state index in [-0.39, 0.29) is 5.41 Å². The Morgan fingerprint density at radius 3 is 2.12 bits per heavy atom. The fourth-order valence-electron chi connectivity index (χ4n) is 3.39. The quantitative estimate of drug-likeness (QED) is 0.435. The molecule has 3 aromatic carbocycles. The predicted molar refractivity (Wildman–Crippen MR) is 106 cm³/mol. The van der Waals surface area contributed by atoms with Gasteiger partial charge in [0.15, 0.2) is 0 Å². The third-order valence-corrected chi connectivity index (χ3v) is 5.05. The lowest BCUT2D eigenvalue weighted by molar-refractivity contribution is 0.638. The molecule has 4 aromatic rings. The van der Waals surface area contributed by atoms with E-state index in [4.69, 9.17) is 4.98 Å². The van der Waals surface area contributed by atoms with E-state index in [0.717, 1.165) is 5.69 Å². The van der Waals surface area contributed by atoms with Crippen LogP contribution in [0.1, 0.15) is 25.0 Å². The second kappa shape index (κ2) is 6.18. The Morgan fingerprint density at radius 1 is 0.640 bits per heavy atom. The van der Waals surface area contributed by atoms with Gasteiger partial charge in [-0.25, -0.2) is 0 Å². The van der Waals surface area contributed by atoms with Crippen molar-refractivity contribution in [1.82, 2.24) is 4.98 Å². The molecule has 0 radical (unpaired) electrons. The third kappa shape index (κ3) is 2.83. The minimum atomic E-state index is -0.0639. The van der Waals surface area contributed by atoms with E-state index in [1.807, 2.05) is 6.20 Å². The zero-order chi connectivity index (χ0) is 17.3. The van der Waals surface area contributed by atoms with Crippen molar-refractivity contribution in [2.24, 2.45) is 0 Å². The van der Waals surface area contributed by atoms with Crippen LogP contribution in [-0.2, 0) is 5.41 Å². The van der Waals surface area contributed by atoms with Gasteiger partial charge in [0.2, 0.25) is 0 Å². The van der Waals surface area contributed by atoms with Gasteiger partial charge >= 0.3 is 0 Å². The molecule has 0 unspecified atom stereocenters. The van der Waals surface area contributed by atoms with Crippen molar-refractivity contribution in [3.63, 3.8) is 0 Å². The summed E-state index contributed by atoms with van der Waals surface area (Å²) < 4.78 is 0. The molecule has 4 rings (SSSR count). The molecular formula is C24H21N. The number of hydrogen-bond donors (Lipinski definition) is 0. The first kappa shape index (κ1) is 15.6. The van der Waals surface area contributed by atoms with Crippen LogP contribution in [-0.4, -0.2) is 4.98 Å². The van der Waals surface area contributed by atoms with Crippen molar-refractivity contribution in [1.29, 1.82) is 0 Å². The molecule has 1 heteroatoms. The van der Waals surface area contributed by atoms with Gasteiger partial charge in [0.25, 0.3) is 0 Å². The number of fused-ring (bicyclic) bond motifs is 1. The summed E-state index contributed by atoms with van der Waals surface area (Å²) in [7, 11) is 0. The number of pyridine rings is 1. The van der Waals surface area contributed by atoms with Crippen LogP contribution in [0.3, 0.4) is 0 Å². The predicted octanol–water partition coefficient (Wildman–Crippen LogP) is 6.23. The Hall–Kier alpha value is -2.93. The Balaban J connectivity index is 1.75. The molecule has 1 nitrogen and oxygen atoms in total. The molecule has 0 saturated heterocycles. The van der Waals surface area contributed by atoms with Crippen molar-refractivity contribution in [2.75, 3.05) is 0 Å². The average molecular weight is 323 g/mol. The van der Waals surface area contributed by atoms with Crippen LogP contribution in [0.4, 0.5) is 0 Å². The second-order valence-corrected chi connectivity index (χ2v) is 6.95. The zero-order valence-corrected chi connectivity index (χ0v) is 14.6. The van der Waals surface area contributed by atoms with Crippen LogP contribution in [0.2, 0.25) is 0 Å². The second-order valence-electron chi connectivity index (χ2n) is 6.95. The van der Waals surface area contributed by atoms with Gasteiger partial charge in [-0.2, -0.15) is 0 Å². The van der Waals surface area contributed by atoms with Gasteiger partial charge in [-0.15, -0.1) is 0 Å². The lowest BCUT2D eigenvalue weighted by atomic mass is 9.79. The highest BCUT2D eigenvalue weighted by Crippen LogP contribution is 2.33. The maximum absolute atomic E-state index is 4.79. The fraction of sp³-hybridized carbons (Fsp3) is 0.125. The molecular weight excluding hydrogens is 302 g/mol. The summed E-state index contributed by atoms with van der Waals surface area (Å²) in [5.41, 5.74) is 4.66. The number of benzene rings is 3. The van der Waals surface area contributed by atoms with Crippen LogP contribution in [0.25, 0.3) is 22.0 Å². The molecule has 1 aromatic heterocycles. The Labute approximate surface area is 149 Å². The molecule has 0 atom stereocenters. The summed E-state index contributed by atoms with van der Waals surface area (Å²) in [6.45, 7) is 4.49. The van der Waals surface area contributed by atoms with Crippen molar-refractivity contribution in [3.05, 3.63) is 102 Å². The SMILES string of the molecule is CC(C)(c1ccccc1)c1ccc(-c2cccc3ccccc23)nc1. The summed E-state index contributed by atoms with van der Waals surface area (Å²) in [4.78, 5) is 4.79. The first-order valence-electron chi connectivity index (χ1n) is 8.66. The average Bonchev–Trinajstić information content (AvgIpc) is 2.68. The van der Waals surface area contributed by atoms with Gasteiger partial charge in [-0.1, -0.05) is 92.7 Å². The lowest BCUT2D eigenvalue weighted by Gasteiger charge is -2.25. The Morgan fingerprint density at radius 2 is 1.36 bits per heavy atom. The fourth-order valence-corrected chi connectivity index (χ4v) is 3.39. The normalized spacial score (nSPS) is 11.6. The van der Waals surface area contributed by atoms with Crippen molar-refractivity contribution < 1.29 is 0 Å². The number of rotatable bonds is 3. The van der Waals surface area contributed by atoms with Crippen LogP contribution in [0.5, 0.6) is 0 Å². The van der Waals surface area contributed by atoms with Gasteiger partial charge in [-0.05, 0) is 28.0 Å². The molecule has 0 aliphatic carbocycles. The van der Waals surface area contributed by atoms with Crippen molar-refractivity contribution in [3.8, 4) is 11.3 Å². The number of aromatic nitrogens is 1. The van der Waals surface area contributed by atoms with Crippen molar-refractivity contribution in [2.45, 2.75) is 19.3 Å². The van der Waals surface area contributed by atoms with Crippen LogP contribution in [0.15, 0.2) is 91.1 Å². The van der Waals surface area contributed by atoms with E-state index in [0.29, 0.717) is 0 Å². The zero-order valence-electron chi connectivity index (χ0n) is 14.6. The molecule has 25 heavy (non-hydrogen) atoms. The topological polar surface area (TPSA) is 12.9 Å². The van der Waals surface area contributed by atoms with E-state index in [2.05, 4.69) is 98.8 Å². The standard InChI is InChI=1S/C24H21N/c1-24(2,19-11-4-3-5-12-19)20-15-16-23(25-17-20)22-14-8-10-18-9-6-7-13-21(18)22/h3-17H,1-2H3. The molecule has 0 aliphatic rings. The van der Waals surface area contributed by atoms with Gasteiger partial charge in [0.1, 0.15) is 0 Å². The molecule has 0 saturated carbocycles. The highest BCUT2D eigenvalue weighted by molar-refractivity contribution is 5.95. The smallest absolute Gasteiger partial charge is 0.0708 e. The highest BCUT2D eigenvalue weighted by atomic mass is 14.7. The minimum absolute atomic E-state index is 0.0639. The van der Waals surface area contributed by atoms with Crippen LogP contribution in [0, 0.1) is 0 Å². The molecule has 1 heterocycles. The maximum Gasteiger partial charge on any atom is 0.0708 e. The summed E-state index contributed by atoms with van der Waals surface area (Å²) in [6, 6.07) is 29.8. The molecule has 0 spiro atoms. The van der Waals surface area contributed by atoms with Gasteiger partial charge < -0.3 is 0 Å². The summed E-state index contributed by atoms with van der Waals surface area (Å²) in [6.07, 6.45) is 2.02. The molecule has 0 amide bonds.